The van der Waals surface area contributed by atoms with Crippen LogP contribution in [-0.4, -0.2) is 23.6 Å². The fourth-order valence-corrected chi connectivity index (χ4v) is 1.86. The summed E-state index contributed by atoms with van der Waals surface area (Å²) in [7, 11) is 1.95. The smallest absolute Gasteiger partial charge is 0.135 e. The highest BCUT2D eigenvalue weighted by atomic mass is 79.9. The van der Waals surface area contributed by atoms with E-state index in [0.717, 1.165) is 16.2 Å². The lowest BCUT2D eigenvalue weighted by atomic mass is 10.3. The molecule has 1 saturated carbocycles. The van der Waals surface area contributed by atoms with Crippen molar-refractivity contribution in [3.05, 3.63) is 16.5 Å². The molecule has 0 aliphatic heterocycles. The van der Waals surface area contributed by atoms with Crippen molar-refractivity contribution in [2.24, 2.45) is 0 Å². The summed E-state index contributed by atoms with van der Waals surface area (Å²) < 4.78 is 0.822. The summed E-state index contributed by atoms with van der Waals surface area (Å²) in [6.07, 6.45) is 2.90. The summed E-state index contributed by atoms with van der Waals surface area (Å²) in [6, 6.07) is 4.03. The lowest BCUT2D eigenvalue weighted by Crippen LogP contribution is -2.20. The van der Waals surface area contributed by atoms with Gasteiger partial charge in [0, 0.05) is 25.6 Å². The highest BCUT2D eigenvalue weighted by Gasteiger charge is 2.27. The zero-order valence-electron chi connectivity index (χ0n) is 9.15. The van der Waals surface area contributed by atoms with Crippen molar-refractivity contribution >= 4 is 21.7 Å². The van der Waals surface area contributed by atoms with Crippen molar-refractivity contribution in [3.63, 3.8) is 0 Å². The average molecular weight is 281 g/mol. The van der Waals surface area contributed by atoms with E-state index in [1.54, 1.807) is 0 Å². The number of rotatable bonds is 4. The second-order valence-electron chi connectivity index (χ2n) is 4.01. The van der Waals surface area contributed by atoms with Gasteiger partial charge >= 0.3 is 0 Å². The molecule has 0 radical (unpaired) electrons. The minimum Gasteiger partial charge on any atom is -0.359 e. The maximum absolute atomic E-state index is 8.55. The predicted octanol–water partition coefficient (Wildman–Crippen LogP) is 2.47. The van der Waals surface area contributed by atoms with Crippen LogP contribution < -0.4 is 4.90 Å². The van der Waals surface area contributed by atoms with Gasteiger partial charge in [-0.25, -0.2) is 9.97 Å². The molecule has 1 heterocycles. The third kappa shape index (κ3) is 2.70. The maximum Gasteiger partial charge on any atom is 0.135 e. The van der Waals surface area contributed by atoms with Crippen LogP contribution in [0.25, 0.3) is 0 Å². The molecule has 4 nitrogen and oxygen atoms in total. The van der Waals surface area contributed by atoms with E-state index in [4.69, 9.17) is 5.26 Å². The fourth-order valence-electron chi connectivity index (χ4n) is 1.47. The normalized spacial score (nSPS) is 14.6. The quantitative estimate of drug-likeness (QED) is 0.795. The summed E-state index contributed by atoms with van der Waals surface area (Å²) in [4.78, 5) is 10.9. The Morgan fingerprint density at radius 3 is 2.94 bits per heavy atom. The molecule has 0 saturated heterocycles. The standard InChI is InChI=1S/C11H13BrN4/c1-16(6-2-5-13)10-7-9(12)14-11(15-10)8-3-4-8/h7-8H,2-4,6H2,1H3. The van der Waals surface area contributed by atoms with Crippen molar-refractivity contribution < 1.29 is 0 Å². The van der Waals surface area contributed by atoms with Crippen LogP contribution in [0.2, 0.25) is 0 Å². The molecule has 84 valence electrons. The number of nitrogens with zero attached hydrogens (tertiary/aromatic N) is 4. The van der Waals surface area contributed by atoms with Gasteiger partial charge in [-0.1, -0.05) is 0 Å². The average Bonchev–Trinajstić information content (AvgIpc) is 3.08. The number of hydrogen-bond donors (Lipinski definition) is 0. The Morgan fingerprint density at radius 1 is 1.56 bits per heavy atom. The van der Waals surface area contributed by atoms with Crippen LogP contribution >= 0.6 is 15.9 Å². The van der Waals surface area contributed by atoms with Crippen LogP contribution in [0.4, 0.5) is 5.82 Å². The first-order valence-electron chi connectivity index (χ1n) is 5.33. The van der Waals surface area contributed by atoms with Gasteiger partial charge < -0.3 is 4.90 Å². The topological polar surface area (TPSA) is 52.8 Å². The van der Waals surface area contributed by atoms with E-state index < -0.39 is 0 Å². The molecular formula is C11H13BrN4. The lowest BCUT2D eigenvalue weighted by Gasteiger charge is -2.17. The zero-order chi connectivity index (χ0) is 11.5. The van der Waals surface area contributed by atoms with Gasteiger partial charge in [0.2, 0.25) is 0 Å². The van der Waals surface area contributed by atoms with Gasteiger partial charge in [-0.15, -0.1) is 0 Å². The van der Waals surface area contributed by atoms with Crippen LogP contribution in [0.15, 0.2) is 10.7 Å². The lowest BCUT2D eigenvalue weighted by molar-refractivity contribution is 0.844. The first kappa shape index (κ1) is 11.3. The number of anilines is 1. The first-order chi connectivity index (χ1) is 7.70. The van der Waals surface area contributed by atoms with Crippen LogP contribution in [0.5, 0.6) is 0 Å². The van der Waals surface area contributed by atoms with Crippen LogP contribution in [0.1, 0.15) is 31.0 Å². The molecule has 0 bridgehead atoms. The Hall–Kier alpha value is -1.15. The minimum absolute atomic E-state index is 0.511. The molecule has 1 aromatic heterocycles. The van der Waals surface area contributed by atoms with E-state index in [0.29, 0.717) is 18.9 Å². The summed E-state index contributed by atoms with van der Waals surface area (Å²) in [6.45, 7) is 0.698. The monoisotopic (exact) mass is 280 g/mol. The molecule has 0 unspecified atom stereocenters. The summed E-state index contributed by atoms with van der Waals surface area (Å²) >= 11 is 3.40. The number of nitriles is 1. The third-order valence-electron chi connectivity index (χ3n) is 2.59. The fraction of sp³-hybridized carbons (Fsp3) is 0.545. The van der Waals surface area contributed by atoms with E-state index >= 15 is 0 Å². The Labute approximate surface area is 103 Å². The second kappa shape index (κ2) is 4.79. The van der Waals surface area contributed by atoms with Crippen molar-refractivity contribution in [3.8, 4) is 6.07 Å². The molecule has 0 N–H and O–H groups in total. The molecule has 0 aromatic carbocycles. The van der Waals surface area contributed by atoms with Gasteiger partial charge in [-0.3, -0.25) is 0 Å². The van der Waals surface area contributed by atoms with Gasteiger partial charge in [-0.05, 0) is 28.8 Å². The molecular weight excluding hydrogens is 268 g/mol. The second-order valence-corrected chi connectivity index (χ2v) is 4.82. The van der Waals surface area contributed by atoms with Crippen molar-refractivity contribution in [1.29, 1.82) is 5.26 Å². The highest BCUT2D eigenvalue weighted by Crippen LogP contribution is 2.39. The van der Waals surface area contributed by atoms with Gasteiger partial charge in [0.05, 0.1) is 12.5 Å². The summed E-state index contributed by atoms with van der Waals surface area (Å²) in [5.74, 6) is 2.35. The van der Waals surface area contributed by atoms with E-state index in [-0.39, 0.29) is 0 Å². The van der Waals surface area contributed by atoms with E-state index in [1.165, 1.54) is 12.8 Å². The number of hydrogen-bond acceptors (Lipinski definition) is 4. The van der Waals surface area contributed by atoms with Crippen LogP contribution in [0.3, 0.4) is 0 Å². The first-order valence-corrected chi connectivity index (χ1v) is 6.12. The van der Waals surface area contributed by atoms with Crippen LogP contribution in [0, 0.1) is 11.3 Å². The van der Waals surface area contributed by atoms with Crippen molar-refractivity contribution in [1.82, 2.24) is 9.97 Å². The summed E-state index contributed by atoms with van der Waals surface area (Å²) in [5.41, 5.74) is 0. The molecule has 1 aliphatic carbocycles. The Kier molecular flexibility index (Phi) is 3.39. The zero-order valence-corrected chi connectivity index (χ0v) is 10.7. The molecule has 0 amide bonds. The third-order valence-corrected chi connectivity index (χ3v) is 3.00. The highest BCUT2D eigenvalue weighted by molar-refractivity contribution is 9.10. The minimum atomic E-state index is 0.511. The summed E-state index contributed by atoms with van der Waals surface area (Å²) in [5, 5.41) is 8.55. The Balaban J connectivity index is 2.16. The van der Waals surface area contributed by atoms with Crippen molar-refractivity contribution in [2.45, 2.75) is 25.2 Å². The molecule has 1 fully saturated rings. The SMILES string of the molecule is CN(CCC#N)c1cc(Br)nc(C2CC2)n1. The van der Waals surface area contributed by atoms with Gasteiger partial charge in [0.15, 0.2) is 0 Å². The van der Waals surface area contributed by atoms with Gasteiger partial charge in [0.1, 0.15) is 16.2 Å². The van der Waals surface area contributed by atoms with Crippen LogP contribution in [-0.2, 0) is 0 Å². The van der Waals surface area contributed by atoms with E-state index in [9.17, 15) is 0 Å². The molecule has 1 aliphatic rings. The van der Waals surface area contributed by atoms with E-state index in [1.807, 2.05) is 18.0 Å². The largest absolute Gasteiger partial charge is 0.359 e. The molecule has 0 spiro atoms. The molecule has 1 aromatic rings. The molecule has 16 heavy (non-hydrogen) atoms. The van der Waals surface area contributed by atoms with Gasteiger partial charge in [0.25, 0.3) is 0 Å². The van der Waals surface area contributed by atoms with E-state index in [2.05, 4.69) is 32.0 Å². The molecule has 5 heteroatoms. The van der Waals surface area contributed by atoms with Crippen molar-refractivity contribution in [2.75, 3.05) is 18.5 Å². The predicted molar refractivity (Wildman–Crippen MR) is 65.2 cm³/mol. The van der Waals surface area contributed by atoms with Gasteiger partial charge in [-0.2, -0.15) is 5.26 Å². The Morgan fingerprint density at radius 2 is 2.31 bits per heavy atom. The number of aromatic nitrogens is 2. The number of halogens is 1. The Bertz CT molecular complexity index is 422. The molecule has 0 atom stereocenters. The molecule has 2 rings (SSSR count). The maximum atomic E-state index is 8.55.